The molecule has 0 spiro atoms. The van der Waals surface area contributed by atoms with Gasteiger partial charge in [0.15, 0.2) is 0 Å². The second-order valence-corrected chi connectivity index (χ2v) is 5.19. The predicted molar refractivity (Wildman–Crippen MR) is 79.0 cm³/mol. The van der Waals surface area contributed by atoms with Crippen molar-refractivity contribution in [3.63, 3.8) is 0 Å². The second-order valence-electron chi connectivity index (χ2n) is 5.19. The molecule has 4 nitrogen and oxygen atoms in total. The number of nitrogens with zero attached hydrogens (tertiary/aromatic N) is 3. The number of likely N-dealkylation sites (N-methyl/N-ethyl adjacent to an activating group) is 1. The zero-order valence-electron chi connectivity index (χ0n) is 12.1. The van der Waals surface area contributed by atoms with Crippen LogP contribution in [-0.2, 0) is 6.54 Å². The van der Waals surface area contributed by atoms with Gasteiger partial charge in [0.05, 0.1) is 5.69 Å². The molecule has 2 aromatic heterocycles. The van der Waals surface area contributed by atoms with Crippen LogP contribution in [0.15, 0.2) is 30.6 Å². The van der Waals surface area contributed by atoms with Crippen molar-refractivity contribution in [3.8, 4) is 0 Å². The third-order valence-electron chi connectivity index (χ3n) is 4.32. The number of fused-ring (bicyclic) bond motifs is 1. The highest BCUT2D eigenvalue weighted by atomic mass is 15.2. The SMILES string of the molecule is CCC(CC)(CN)N(C)Cc1cn2ccccc2n1. The molecule has 19 heavy (non-hydrogen) atoms. The summed E-state index contributed by atoms with van der Waals surface area (Å²) in [4.78, 5) is 6.99. The van der Waals surface area contributed by atoms with Crippen molar-refractivity contribution in [1.29, 1.82) is 0 Å². The van der Waals surface area contributed by atoms with Gasteiger partial charge in [0.1, 0.15) is 5.65 Å². The molecule has 2 heterocycles. The molecule has 2 rings (SSSR count). The van der Waals surface area contributed by atoms with Gasteiger partial charge in [0, 0.05) is 31.0 Å². The van der Waals surface area contributed by atoms with Crippen molar-refractivity contribution in [1.82, 2.24) is 14.3 Å². The van der Waals surface area contributed by atoms with Gasteiger partial charge in [0.2, 0.25) is 0 Å². The van der Waals surface area contributed by atoms with E-state index >= 15 is 0 Å². The third kappa shape index (κ3) is 2.65. The van der Waals surface area contributed by atoms with Gasteiger partial charge in [-0.3, -0.25) is 4.90 Å². The van der Waals surface area contributed by atoms with Crippen LogP contribution >= 0.6 is 0 Å². The first-order valence-electron chi connectivity index (χ1n) is 6.99. The van der Waals surface area contributed by atoms with Crippen LogP contribution in [-0.4, -0.2) is 33.4 Å². The second kappa shape index (κ2) is 5.72. The molecule has 0 radical (unpaired) electrons. The van der Waals surface area contributed by atoms with Crippen LogP contribution in [0.5, 0.6) is 0 Å². The van der Waals surface area contributed by atoms with Crippen molar-refractivity contribution in [3.05, 3.63) is 36.3 Å². The van der Waals surface area contributed by atoms with E-state index in [2.05, 4.69) is 41.4 Å². The molecule has 0 bridgehead atoms. The summed E-state index contributed by atoms with van der Waals surface area (Å²) >= 11 is 0. The zero-order valence-corrected chi connectivity index (χ0v) is 12.1. The Kier molecular flexibility index (Phi) is 4.22. The first kappa shape index (κ1) is 14.0. The van der Waals surface area contributed by atoms with E-state index in [0.29, 0.717) is 6.54 Å². The summed E-state index contributed by atoms with van der Waals surface area (Å²) in [5, 5.41) is 0. The predicted octanol–water partition coefficient (Wildman–Crippen LogP) is 2.28. The summed E-state index contributed by atoms with van der Waals surface area (Å²) in [6.45, 7) is 5.93. The van der Waals surface area contributed by atoms with Crippen LogP contribution in [0.3, 0.4) is 0 Å². The van der Waals surface area contributed by atoms with Gasteiger partial charge in [-0.2, -0.15) is 0 Å². The number of hydrogen-bond donors (Lipinski definition) is 1. The van der Waals surface area contributed by atoms with Crippen LogP contribution < -0.4 is 5.73 Å². The molecular weight excluding hydrogens is 236 g/mol. The number of pyridine rings is 1. The highest BCUT2D eigenvalue weighted by Crippen LogP contribution is 2.23. The average molecular weight is 260 g/mol. The molecule has 0 saturated heterocycles. The summed E-state index contributed by atoms with van der Waals surface area (Å²) in [6, 6.07) is 6.06. The minimum atomic E-state index is 0.0792. The Hall–Kier alpha value is -1.39. The molecule has 0 aliphatic rings. The normalized spacial score (nSPS) is 12.5. The Bertz CT molecular complexity index is 486. The van der Waals surface area contributed by atoms with Crippen LogP contribution in [0.4, 0.5) is 0 Å². The maximum atomic E-state index is 5.99. The number of imidazole rings is 1. The molecule has 0 aliphatic carbocycles. The minimum absolute atomic E-state index is 0.0792. The van der Waals surface area contributed by atoms with Crippen LogP contribution in [0.1, 0.15) is 32.4 Å². The van der Waals surface area contributed by atoms with E-state index in [1.54, 1.807) is 0 Å². The van der Waals surface area contributed by atoms with Crippen molar-refractivity contribution >= 4 is 5.65 Å². The van der Waals surface area contributed by atoms with Crippen LogP contribution in [0.2, 0.25) is 0 Å². The van der Waals surface area contributed by atoms with Gasteiger partial charge in [-0.15, -0.1) is 0 Å². The molecular formula is C15H24N4. The Balaban J connectivity index is 2.19. The molecule has 0 aliphatic heterocycles. The van der Waals surface area contributed by atoms with E-state index < -0.39 is 0 Å². The molecule has 0 atom stereocenters. The Morgan fingerprint density at radius 2 is 2.05 bits per heavy atom. The topological polar surface area (TPSA) is 46.6 Å². The Morgan fingerprint density at radius 1 is 1.32 bits per heavy atom. The van der Waals surface area contributed by atoms with E-state index in [-0.39, 0.29) is 5.54 Å². The summed E-state index contributed by atoms with van der Waals surface area (Å²) < 4.78 is 2.06. The van der Waals surface area contributed by atoms with Crippen molar-refractivity contribution in [2.45, 2.75) is 38.8 Å². The summed E-state index contributed by atoms with van der Waals surface area (Å²) in [5.74, 6) is 0. The maximum Gasteiger partial charge on any atom is 0.137 e. The third-order valence-corrected chi connectivity index (χ3v) is 4.32. The highest BCUT2D eigenvalue weighted by Gasteiger charge is 2.29. The lowest BCUT2D eigenvalue weighted by atomic mass is 9.91. The molecule has 0 unspecified atom stereocenters. The van der Waals surface area contributed by atoms with Gasteiger partial charge < -0.3 is 10.1 Å². The fourth-order valence-corrected chi connectivity index (χ4v) is 2.71. The molecule has 0 saturated carbocycles. The fraction of sp³-hybridized carbons (Fsp3) is 0.533. The van der Waals surface area contributed by atoms with Crippen molar-refractivity contribution < 1.29 is 0 Å². The fourth-order valence-electron chi connectivity index (χ4n) is 2.71. The van der Waals surface area contributed by atoms with Crippen LogP contribution in [0, 0.1) is 0 Å². The Morgan fingerprint density at radius 3 is 2.63 bits per heavy atom. The highest BCUT2D eigenvalue weighted by molar-refractivity contribution is 5.39. The van der Waals surface area contributed by atoms with Gasteiger partial charge in [-0.05, 0) is 32.0 Å². The summed E-state index contributed by atoms with van der Waals surface area (Å²) in [5.41, 5.74) is 8.16. The van der Waals surface area contributed by atoms with Gasteiger partial charge in [-0.25, -0.2) is 4.98 Å². The monoisotopic (exact) mass is 260 g/mol. The van der Waals surface area contributed by atoms with E-state index in [1.165, 1.54) is 0 Å². The summed E-state index contributed by atoms with van der Waals surface area (Å²) in [6.07, 6.45) is 6.24. The van der Waals surface area contributed by atoms with Crippen molar-refractivity contribution in [2.75, 3.05) is 13.6 Å². The van der Waals surface area contributed by atoms with E-state index in [9.17, 15) is 0 Å². The molecule has 0 amide bonds. The summed E-state index contributed by atoms with van der Waals surface area (Å²) in [7, 11) is 2.14. The lowest BCUT2D eigenvalue weighted by Gasteiger charge is -2.39. The van der Waals surface area contributed by atoms with Crippen LogP contribution in [0.25, 0.3) is 5.65 Å². The molecule has 104 valence electrons. The molecule has 2 N–H and O–H groups in total. The van der Waals surface area contributed by atoms with Gasteiger partial charge in [0.25, 0.3) is 0 Å². The zero-order chi connectivity index (χ0) is 13.9. The standard InChI is InChI=1S/C15H24N4/c1-4-15(5-2,12-16)18(3)10-13-11-19-9-7-6-8-14(19)17-13/h6-9,11H,4-5,10,12,16H2,1-3H3. The largest absolute Gasteiger partial charge is 0.329 e. The number of nitrogens with two attached hydrogens (primary N) is 1. The molecule has 0 fully saturated rings. The first-order valence-corrected chi connectivity index (χ1v) is 6.99. The first-order chi connectivity index (χ1) is 9.15. The quantitative estimate of drug-likeness (QED) is 0.867. The number of rotatable bonds is 6. The van der Waals surface area contributed by atoms with E-state index in [0.717, 1.165) is 30.7 Å². The maximum absolute atomic E-state index is 5.99. The van der Waals surface area contributed by atoms with E-state index in [4.69, 9.17) is 5.73 Å². The van der Waals surface area contributed by atoms with Gasteiger partial charge >= 0.3 is 0 Å². The van der Waals surface area contributed by atoms with E-state index in [1.807, 2.05) is 24.4 Å². The van der Waals surface area contributed by atoms with Crippen molar-refractivity contribution in [2.24, 2.45) is 5.73 Å². The smallest absolute Gasteiger partial charge is 0.137 e. The molecule has 2 aromatic rings. The Labute approximate surface area is 115 Å². The lowest BCUT2D eigenvalue weighted by Crippen LogP contribution is -2.50. The van der Waals surface area contributed by atoms with Gasteiger partial charge in [-0.1, -0.05) is 19.9 Å². The lowest BCUT2D eigenvalue weighted by molar-refractivity contribution is 0.107. The minimum Gasteiger partial charge on any atom is -0.329 e. The number of hydrogen-bond acceptors (Lipinski definition) is 3. The molecule has 0 aromatic carbocycles. The molecule has 4 heteroatoms. The average Bonchev–Trinajstić information content (AvgIpc) is 2.83. The number of aromatic nitrogens is 2.